The molecular weight excluding hydrogens is 186 g/mol. The molecule has 0 amide bonds. The molecule has 1 rings (SSSR count). The van der Waals surface area contributed by atoms with Crippen LogP contribution in [0.3, 0.4) is 0 Å². The summed E-state index contributed by atoms with van der Waals surface area (Å²) in [5.41, 5.74) is 1.82. The van der Waals surface area contributed by atoms with Crippen LogP contribution >= 0.6 is 11.6 Å². The Morgan fingerprint density at radius 1 is 1.46 bits per heavy atom. The summed E-state index contributed by atoms with van der Waals surface area (Å²) in [6.07, 6.45) is 8.20. The minimum atomic E-state index is 0.0319. The van der Waals surface area contributed by atoms with Gasteiger partial charge in [0.1, 0.15) is 0 Å². The van der Waals surface area contributed by atoms with E-state index in [1.165, 1.54) is 0 Å². The van der Waals surface area contributed by atoms with Crippen LogP contribution in [0.4, 0.5) is 0 Å². The molecule has 0 unspecified atom stereocenters. The van der Waals surface area contributed by atoms with Gasteiger partial charge in [0.25, 0.3) is 0 Å². The van der Waals surface area contributed by atoms with Gasteiger partial charge in [0.05, 0.1) is 6.61 Å². The Bertz CT molecular complexity index is 286. The Morgan fingerprint density at radius 2 is 2.31 bits per heavy atom. The number of nitrogens with zero attached hydrogens (tertiary/aromatic N) is 1. The van der Waals surface area contributed by atoms with Gasteiger partial charge in [-0.25, -0.2) is 0 Å². The van der Waals surface area contributed by atoms with Gasteiger partial charge in [-0.2, -0.15) is 0 Å². The zero-order valence-electron chi connectivity index (χ0n) is 7.28. The fourth-order valence-electron chi connectivity index (χ4n) is 0.968. The minimum absolute atomic E-state index is 0.0319. The maximum Gasteiger partial charge on any atom is 0.0697 e. The third-order valence-corrected chi connectivity index (χ3v) is 1.80. The summed E-state index contributed by atoms with van der Waals surface area (Å²) in [7, 11) is 0. The molecule has 0 aliphatic carbocycles. The third-order valence-electron chi connectivity index (χ3n) is 1.58. The van der Waals surface area contributed by atoms with E-state index in [0.29, 0.717) is 5.88 Å². The third kappa shape index (κ3) is 3.57. The summed E-state index contributed by atoms with van der Waals surface area (Å²) in [6.45, 7) is 0.0319. The summed E-state index contributed by atoms with van der Waals surface area (Å²) in [5.74, 6) is 0.629. The van der Waals surface area contributed by atoms with Crippen molar-refractivity contribution in [3.8, 4) is 0 Å². The summed E-state index contributed by atoms with van der Waals surface area (Å²) in [6, 6.07) is 1.90. The van der Waals surface area contributed by atoms with E-state index < -0.39 is 0 Å². The molecule has 13 heavy (non-hydrogen) atoms. The number of hydrogen-bond acceptors (Lipinski definition) is 2. The maximum absolute atomic E-state index is 8.85. The minimum Gasteiger partial charge on any atom is -0.392 e. The van der Waals surface area contributed by atoms with Crippen molar-refractivity contribution >= 4 is 17.7 Å². The lowest BCUT2D eigenvalue weighted by Gasteiger charge is -1.96. The fourth-order valence-corrected chi connectivity index (χ4v) is 1.09. The highest BCUT2D eigenvalue weighted by Crippen LogP contribution is 2.05. The molecule has 2 nitrogen and oxygen atoms in total. The molecule has 0 radical (unpaired) electrons. The number of aromatic nitrogens is 1. The van der Waals surface area contributed by atoms with Crippen molar-refractivity contribution in [3.05, 3.63) is 35.7 Å². The van der Waals surface area contributed by atoms with Crippen molar-refractivity contribution in [3.63, 3.8) is 0 Å². The molecule has 0 aromatic carbocycles. The highest BCUT2D eigenvalue weighted by atomic mass is 35.5. The van der Waals surface area contributed by atoms with Gasteiger partial charge in [0, 0.05) is 18.3 Å². The SMILES string of the molecule is OCc1cncc(C=CCCCl)c1. The van der Waals surface area contributed by atoms with Crippen molar-refractivity contribution in [2.75, 3.05) is 5.88 Å². The number of hydrogen-bond donors (Lipinski definition) is 1. The second kappa shape index (κ2) is 5.73. The second-order valence-corrected chi connectivity index (χ2v) is 3.04. The van der Waals surface area contributed by atoms with E-state index in [0.717, 1.165) is 17.5 Å². The standard InChI is InChI=1S/C10H12ClNO/c11-4-2-1-3-9-5-10(8-13)7-12-6-9/h1,3,5-7,13H,2,4,8H2. The topological polar surface area (TPSA) is 33.1 Å². The predicted octanol–water partition coefficient (Wildman–Crippen LogP) is 2.22. The molecule has 0 fully saturated rings. The molecule has 0 saturated carbocycles. The van der Waals surface area contributed by atoms with Crippen LogP contribution in [0, 0.1) is 0 Å². The van der Waals surface area contributed by atoms with Gasteiger partial charge in [0.2, 0.25) is 0 Å². The first-order valence-corrected chi connectivity index (χ1v) is 4.67. The quantitative estimate of drug-likeness (QED) is 0.751. The van der Waals surface area contributed by atoms with Gasteiger partial charge in [0.15, 0.2) is 0 Å². The van der Waals surface area contributed by atoms with E-state index >= 15 is 0 Å². The van der Waals surface area contributed by atoms with Crippen LogP contribution < -0.4 is 0 Å². The molecule has 0 aliphatic heterocycles. The molecule has 0 saturated heterocycles. The van der Waals surface area contributed by atoms with Gasteiger partial charge in [-0.1, -0.05) is 12.2 Å². The van der Waals surface area contributed by atoms with Crippen LogP contribution in [0.1, 0.15) is 17.5 Å². The Hall–Kier alpha value is -0.860. The first kappa shape index (κ1) is 10.2. The van der Waals surface area contributed by atoms with Crippen molar-refractivity contribution in [1.29, 1.82) is 0 Å². The smallest absolute Gasteiger partial charge is 0.0697 e. The van der Waals surface area contributed by atoms with E-state index in [-0.39, 0.29) is 6.61 Å². The summed E-state index contributed by atoms with van der Waals surface area (Å²) >= 11 is 5.52. The zero-order valence-corrected chi connectivity index (χ0v) is 8.04. The largest absolute Gasteiger partial charge is 0.392 e. The number of pyridine rings is 1. The summed E-state index contributed by atoms with van der Waals surface area (Å²) in [5, 5.41) is 8.85. The number of rotatable bonds is 4. The van der Waals surface area contributed by atoms with Gasteiger partial charge >= 0.3 is 0 Å². The van der Waals surface area contributed by atoms with Crippen LogP contribution in [0.25, 0.3) is 6.08 Å². The van der Waals surface area contributed by atoms with E-state index in [9.17, 15) is 0 Å². The fraction of sp³-hybridized carbons (Fsp3) is 0.300. The summed E-state index contributed by atoms with van der Waals surface area (Å²) in [4.78, 5) is 3.99. The van der Waals surface area contributed by atoms with Crippen LogP contribution in [0.15, 0.2) is 24.5 Å². The van der Waals surface area contributed by atoms with Crippen LogP contribution in [0.5, 0.6) is 0 Å². The molecule has 1 aromatic rings. The second-order valence-electron chi connectivity index (χ2n) is 2.66. The molecule has 0 atom stereocenters. The number of halogens is 1. The lowest BCUT2D eigenvalue weighted by atomic mass is 10.2. The van der Waals surface area contributed by atoms with Crippen LogP contribution in [-0.4, -0.2) is 16.0 Å². The van der Waals surface area contributed by atoms with E-state index in [2.05, 4.69) is 4.98 Å². The van der Waals surface area contributed by atoms with Crippen molar-refractivity contribution in [1.82, 2.24) is 4.98 Å². The number of alkyl halides is 1. The average Bonchev–Trinajstić information content (AvgIpc) is 2.19. The average molecular weight is 198 g/mol. The van der Waals surface area contributed by atoms with E-state index in [1.54, 1.807) is 12.4 Å². The highest BCUT2D eigenvalue weighted by molar-refractivity contribution is 6.17. The molecule has 3 heteroatoms. The monoisotopic (exact) mass is 197 g/mol. The van der Waals surface area contributed by atoms with Gasteiger partial charge in [-0.15, -0.1) is 11.6 Å². The van der Waals surface area contributed by atoms with Crippen molar-refractivity contribution < 1.29 is 5.11 Å². The molecule has 1 heterocycles. The Morgan fingerprint density at radius 3 is 3.00 bits per heavy atom. The predicted molar refractivity (Wildman–Crippen MR) is 54.5 cm³/mol. The normalized spacial score (nSPS) is 10.9. The van der Waals surface area contributed by atoms with Crippen LogP contribution in [-0.2, 0) is 6.61 Å². The lowest BCUT2D eigenvalue weighted by Crippen LogP contribution is -1.85. The maximum atomic E-state index is 8.85. The van der Waals surface area contributed by atoms with Crippen molar-refractivity contribution in [2.45, 2.75) is 13.0 Å². The molecular formula is C10H12ClNO. The first-order chi connectivity index (χ1) is 6.36. The molecule has 0 bridgehead atoms. The van der Waals surface area contributed by atoms with E-state index in [1.807, 2.05) is 18.2 Å². The van der Waals surface area contributed by atoms with Gasteiger partial charge < -0.3 is 5.11 Å². The van der Waals surface area contributed by atoms with Gasteiger partial charge in [-0.3, -0.25) is 4.98 Å². The number of aliphatic hydroxyl groups is 1. The number of allylic oxidation sites excluding steroid dienone is 1. The Labute approximate surface area is 82.9 Å². The Kier molecular flexibility index (Phi) is 4.50. The van der Waals surface area contributed by atoms with E-state index in [4.69, 9.17) is 16.7 Å². The highest BCUT2D eigenvalue weighted by Gasteiger charge is 1.91. The molecule has 1 aromatic heterocycles. The number of aliphatic hydroxyl groups excluding tert-OH is 1. The first-order valence-electron chi connectivity index (χ1n) is 4.14. The Balaban J connectivity index is 2.66. The molecule has 70 valence electrons. The zero-order chi connectivity index (χ0) is 9.52. The molecule has 0 spiro atoms. The molecule has 1 N–H and O–H groups in total. The van der Waals surface area contributed by atoms with Crippen molar-refractivity contribution in [2.24, 2.45) is 0 Å². The summed E-state index contributed by atoms with van der Waals surface area (Å²) < 4.78 is 0. The van der Waals surface area contributed by atoms with Crippen LogP contribution in [0.2, 0.25) is 0 Å². The van der Waals surface area contributed by atoms with Gasteiger partial charge in [-0.05, 0) is 23.6 Å². The molecule has 0 aliphatic rings. The lowest BCUT2D eigenvalue weighted by molar-refractivity contribution is 0.281.